The predicted octanol–water partition coefficient (Wildman–Crippen LogP) is 3.31. The molecular weight excluding hydrogens is 402 g/mol. The van der Waals surface area contributed by atoms with Gasteiger partial charge < -0.3 is 4.90 Å². The minimum atomic E-state index is -2.63. The van der Waals surface area contributed by atoms with E-state index < -0.39 is 17.8 Å². The Morgan fingerprint density at radius 1 is 1.10 bits per heavy atom. The molecule has 3 fully saturated rings. The summed E-state index contributed by atoms with van der Waals surface area (Å²) in [4.78, 5) is 28.0. The van der Waals surface area contributed by atoms with Crippen LogP contribution in [0.4, 0.5) is 8.78 Å². The first kappa shape index (κ1) is 18.3. The van der Waals surface area contributed by atoms with Crippen LogP contribution < -0.4 is 0 Å². The van der Waals surface area contributed by atoms with E-state index in [2.05, 4.69) is 20.1 Å². The molecule has 9 heteroatoms. The summed E-state index contributed by atoms with van der Waals surface area (Å²) in [6, 6.07) is 7.05. The third kappa shape index (κ3) is 2.79. The molecule has 2 bridgehead atoms. The Balaban J connectivity index is 1.32. The molecular formula is C22H18F2N6O. The van der Waals surface area contributed by atoms with E-state index in [1.54, 1.807) is 35.3 Å². The van der Waals surface area contributed by atoms with Gasteiger partial charge in [-0.1, -0.05) is 0 Å². The molecule has 31 heavy (non-hydrogen) atoms. The first-order valence-corrected chi connectivity index (χ1v) is 10.1. The van der Waals surface area contributed by atoms with Gasteiger partial charge in [-0.25, -0.2) is 18.7 Å². The highest BCUT2D eigenvalue weighted by molar-refractivity contribution is 5.97. The second-order valence-corrected chi connectivity index (χ2v) is 8.41. The predicted molar refractivity (Wildman–Crippen MR) is 109 cm³/mol. The maximum atomic E-state index is 13.8. The highest BCUT2D eigenvalue weighted by Crippen LogP contribution is 2.52. The zero-order valence-corrected chi connectivity index (χ0v) is 16.7. The standard InChI is InChI=1S/C22H18F2N6O/c1-29-9-14-4-13(7-26-20(14)28-29)19-8-25-17-3-2-12(5-18(17)27-19)21(31)30-10-15-6-16(11-30)22(15,23)24/h2-5,7-9,15-16H,6,10-11H2,1H3. The Bertz CT molecular complexity index is 1350. The number of amides is 1. The van der Waals surface area contributed by atoms with Crippen LogP contribution in [-0.2, 0) is 7.05 Å². The van der Waals surface area contributed by atoms with E-state index in [0.29, 0.717) is 34.4 Å². The van der Waals surface area contributed by atoms with Crippen LogP contribution in [0.5, 0.6) is 0 Å². The van der Waals surface area contributed by atoms with Crippen molar-refractivity contribution in [2.75, 3.05) is 13.1 Å². The molecule has 2 unspecified atom stereocenters. The number of carbonyl (C=O) groups is 1. The third-order valence-corrected chi connectivity index (χ3v) is 6.38. The van der Waals surface area contributed by atoms with Crippen molar-refractivity contribution in [2.45, 2.75) is 12.3 Å². The fraction of sp³-hybridized carbons (Fsp3) is 0.318. The molecule has 2 aliphatic heterocycles. The number of carbonyl (C=O) groups excluding carboxylic acids is 1. The van der Waals surface area contributed by atoms with Crippen molar-refractivity contribution < 1.29 is 13.6 Å². The van der Waals surface area contributed by atoms with Crippen molar-refractivity contribution >= 4 is 28.0 Å². The van der Waals surface area contributed by atoms with Gasteiger partial charge in [0.25, 0.3) is 11.8 Å². The Labute approximate surface area is 175 Å². The van der Waals surface area contributed by atoms with Gasteiger partial charge in [0.1, 0.15) is 0 Å². The van der Waals surface area contributed by atoms with Gasteiger partial charge in [0.2, 0.25) is 0 Å². The van der Waals surface area contributed by atoms with Crippen molar-refractivity contribution in [3.8, 4) is 11.3 Å². The smallest absolute Gasteiger partial charge is 0.257 e. The zero-order valence-electron chi connectivity index (χ0n) is 16.7. The minimum Gasteiger partial charge on any atom is -0.338 e. The molecule has 3 aliphatic rings. The number of piperidine rings is 2. The largest absolute Gasteiger partial charge is 0.338 e. The second kappa shape index (κ2) is 6.26. The number of hydrogen-bond acceptors (Lipinski definition) is 5. The second-order valence-electron chi connectivity index (χ2n) is 8.41. The SMILES string of the molecule is Cn1cc2cc(-c3cnc4ccc(C(=O)N5CC6CC(C5)C6(F)F)cc4n3)cnc2n1. The molecule has 4 aromatic rings. The van der Waals surface area contributed by atoms with E-state index in [4.69, 9.17) is 0 Å². The summed E-state index contributed by atoms with van der Waals surface area (Å²) in [6.07, 6.45) is 5.74. The van der Waals surface area contributed by atoms with Crippen LogP contribution in [0.1, 0.15) is 16.8 Å². The van der Waals surface area contributed by atoms with Gasteiger partial charge in [0, 0.05) is 60.9 Å². The molecule has 1 aromatic carbocycles. The number of hydrogen-bond donors (Lipinski definition) is 0. The topological polar surface area (TPSA) is 76.8 Å². The number of rotatable bonds is 2. The van der Waals surface area contributed by atoms with Crippen LogP contribution in [0.3, 0.4) is 0 Å². The van der Waals surface area contributed by atoms with E-state index in [1.165, 1.54) is 4.90 Å². The van der Waals surface area contributed by atoms with Crippen LogP contribution in [0.25, 0.3) is 33.3 Å². The minimum absolute atomic E-state index is 0.100. The van der Waals surface area contributed by atoms with E-state index >= 15 is 0 Å². The number of benzene rings is 1. The van der Waals surface area contributed by atoms with Gasteiger partial charge in [0.05, 0.1) is 22.9 Å². The maximum Gasteiger partial charge on any atom is 0.257 e. The lowest BCUT2D eigenvalue weighted by molar-refractivity contribution is -0.219. The number of pyridine rings is 1. The number of alkyl halides is 2. The van der Waals surface area contributed by atoms with Crippen molar-refractivity contribution in [1.29, 1.82) is 0 Å². The van der Waals surface area contributed by atoms with Crippen molar-refractivity contribution in [3.05, 3.63) is 48.4 Å². The normalized spacial score (nSPS) is 22.0. The Hall–Kier alpha value is -3.49. The van der Waals surface area contributed by atoms with Crippen LogP contribution in [0, 0.1) is 11.8 Å². The summed E-state index contributed by atoms with van der Waals surface area (Å²) in [5.41, 5.74) is 3.74. The lowest BCUT2D eigenvalue weighted by Gasteiger charge is -2.53. The number of aromatic nitrogens is 5. The van der Waals surface area contributed by atoms with Gasteiger partial charge in [-0.2, -0.15) is 5.10 Å². The molecule has 7 rings (SSSR count). The van der Waals surface area contributed by atoms with Crippen molar-refractivity contribution in [2.24, 2.45) is 18.9 Å². The molecule has 0 N–H and O–H groups in total. The third-order valence-electron chi connectivity index (χ3n) is 6.38. The number of aryl methyl sites for hydroxylation is 1. The zero-order chi connectivity index (χ0) is 21.3. The van der Waals surface area contributed by atoms with E-state index in [9.17, 15) is 13.6 Å². The van der Waals surface area contributed by atoms with Crippen molar-refractivity contribution in [3.63, 3.8) is 0 Å². The van der Waals surface area contributed by atoms with Gasteiger partial charge in [0.15, 0.2) is 5.65 Å². The quantitative estimate of drug-likeness (QED) is 0.497. The first-order valence-electron chi connectivity index (χ1n) is 10.1. The molecule has 156 valence electrons. The van der Waals surface area contributed by atoms with Crippen molar-refractivity contribution in [1.82, 2.24) is 29.6 Å². The molecule has 7 nitrogen and oxygen atoms in total. The molecule has 2 saturated heterocycles. The Morgan fingerprint density at radius 2 is 1.90 bits per heavy atom. The molecule has 5 heterocycles. The summed E-state index contributed by atoms with van der Waals surface area (Å²) in [7, 11) is 1.84. The summed E-state index contributed by atoms with van der Waals surface area (Å²) < 4.78 is 29.4. The van der Waals surface area contributed by atoms with Crippen LogP contribution in [-0.4, -0.2) is 54.6 Å². The first-order chi connectivity index (χ1) is 14.9. The van der Waals surface area contributed by atoms with Gasteiger partial charge in [-0.3, -0.25) is 14.5 Å². The molecule has 0 radical (unpaired) electrons. The summed E-state index contributed by atoms with van der Waals surface area (Å²) >= 11 is 0. The monoisotopic (exact) mass is 420 g/mol. The average Bonchev–Trinajstić information content (AvgIpc) is 3.17. The fourth-order valence-corrected chi connectivity index (χ4v) is 4.63. The summed E-state index contributed by atoms with van der Waals surface area (Å²) in [5.74, 6) is -4.32. The molecule has 1 aliphatic carbocycles. The Kier molecular flexibility index (Phi) is 3.69. The maximum absolute atomic E-state index is 13.8. The number of halogens is 2. The van der Waals surface area contributed by atoms with Crippen LogP contribution in [0.2, 0.25) is 0 Å². The Morgan fingerprint density at radius 3 is 2.68 bits per heavy atom. The van der Waals surface area contributed by atoms with Crippen LogP contribution in [0.15, 0.2) is 42.9 Å². The molecule has 0 spiro atoms. The van der Waals surface area contributed by atoms with Gasteiger partial charge >= 0.3 is 0 Å². The lowest BCUT2D eigenvalue weighted by atomic mass is 9.67. The lowest BCUT2D eigenvalue weighted by Crippen LogP contribution is -2.63. The highest BCUT2D eigenvalue weighted by atomic mass is 19.3. The van der Waals surface area contributed by atoms with Gasteiger partial charge in [-0.05, 0) is 30.7 Å². The molecule has 1 saturated carbocycles. The molecule has 3 aromatic heterocycles. The summed E-state index contributed by atoms with van der Waals surface area (Å²) in [6.45, 7) is 0.200. The van der Waals surface area contributed by atoms with E-state index in [0.717, 1.165) is 10.9 Å². The van der Waals surface area contributed by atoms with Crippen LogP contribution >= 0.6 is 0 Å². The van der Waals surface area contributed by atoms with Gasteiger partial charge in [-0.15, -0.1) is 0 Å². The number of nitrogens with zero attached hydrogens (tertiary/aromatic N) is 6. The van der Waals surface area contributed by atoms with E-state index in [1.807, 2.05) is 19.3 Å². The number of fused-ring (bicyclic) bond motifs is 4. The average molecular weight is 420 g/mol. The molecule has 1 amide bonds. The van der Waals surface area contributed by atoms with E-state index in [-0.39, 0.29) is 19.0 Å². The summed E-state index contributed by atoms with van der Waals surface area (Å²) in [5, 5.41) is 5.17. The fourth-order valence-electron chi connectivity index (χ4n) is 4.63. The highest BCUT2D eigenvalue weighted by Gasteiger charge is 2.61. The molecule has 2 atom stereocenters.